The molecule has 0 saturated carbocycles. The van der Waals surface area contributed by atoms with Gasteiger partial charge < -0.3 is 14.8 Å². The molecule has 31 heavy (non-hydrogen) atoms. The van der Waals surface area contributed by atoms with E-state index in [1.165, 1.54) is 12.1 Å². The number of aromatic amines is 1. The number of benzene rings is 2. The number of aryl methyl sites for hydroxylation is 1. The van der Waals surface area contributed by atoms with E-state index < -0.39 is 0 Å². The molecule has 2 aromatic heterocycles. The minimum Gasteiger partial charge on any atom is -0.340 e. The smallest absolute Gasteiger partial charge is 0.245 e. The molecule has 1 saturated heterocycles. The molecule has 0 bridgehead atoms. The van der Waals surface area contributed by atoms with Crippen LogP contribution in [0.3, 0.4) is 0 Å². The Morgan fingerprint density at radius 3 is 2.87 bits per heavy atom. The molecule has 1 aliphatic heterocycles. The lowest BCUT2D eigenvalue weighted by Crippen LogP contribution is -2.44. The second-order valence-corrected chi connectivity index (χ2v) is 8.02. The van der Waals surface area contributed by atoms with Crippen LogP contribution in [0.15, 0.2) is 42.5 Å². The van der Waals surface area contributed by atoms with Crippen molar-refractivity contribution < 1.29 is 9.18 Å². The number of imidazole rings is 1. The molecular formula is C23H23FN6O. The maximum atomic E-state index is 13.6. The number of fused-ring (bicyclic) bond motifs is 2. The first-order valence-corrected chi connectivity index (χ1v) is 10.4. The zero-order chi connectivity index (χ0) is 21.5. The molecule has 1 atom stereocenters. The van der Waals surface area contributed by atoms with Crippen LogP contribution in [0, 0.1) is 12.7 Å². The number of halogens is 1. The summed E-state index contributed by atoms with van der Waals surface area (Å²) < 4.78 is 13.6. The lowest BCUT2D eigenvalue weighted by molar-refractivity contribution is -0.131. The number of hydrogen-bond acceptors (Lipinski definition) is 5. The predicted octanol–water partition coefficient (Wildman–Crippen LogP) is 3.58. The molecule has 0 aliphatic carbocycles. The van der Waals surface area contributed by atoms with Gasteiger partial charge in [-0.25, -0.2) is 19.3 Å². The Morgan fingerprint density at radius 1 is 1.19 bits per heavy atom. The summed E-state index contributed by atoms with van der Waals surface area (Å²) in [6, 6.07) is 12.0. The van der Waals surface area contributed by atoms with E-state index in [1.807, 2.05) is 36.1 Å². The molecule has 1 aliphatic rings. The number of likely N-dealkylation sites (N-methyl/N-ethyl adjacent to an activating group) is 1. The van der Waals surface area contributed by atoms with Gasteiger partial charge in [0.05, 0.1) is 28.8 Å². The predicted molar refractivity (Wildman–Crippen MR) is 117 cm³/mol. The number of hydrogen-bond donors (Lipinski definition) is 1. The number of aromatic nitrogens is 4. The Morgan fingerprint density at radius 2 is 2.03 bits per heavy atom. The van der Waals surface area contributed by atoms with Crippen molar-refractivity contribution in [1.29, 1.82) is 0 Å². The molecule has 8 heteroatoms. The van der Waals surface area contributed by atoms with Crippen molar-refractivity contribution in [1.82, 2.24) is 24.8 Å². The van der Waals surface area contributed by atoms with E-state index >= 15 is 0 Å². The number of nitrogens with one attached hydrogen (secondary N) is 1. The summed E-state index contributed by atoms with van der Waals surface area (Å²) >= 11 is 0. The topological polar surface area (TPSA) is 78.0 Å². The Kier molecular flexibility index (Phi) is 4.77. The third-order valence-corrected chi connectivity index (χ3v) is 5.83. The largest absolute Gasteiger partial charge is 0.340 e. The molecule has 158 valence electrons. The van der Waals surface area contributed by atoms with Gasteiger partial charge in [0.2, 0.25) is 11.9 Å². The van der Waals surface area contributed by atoms with Crippen LogP contribution in [-0.4, -0.2) is 50.4 Å². The quantitative estimate of drug-likeness (QED) is 0.548. The summed E-state index contributed by atoms with van der Waals surface area (Å²) in [5.74, 6) is 0.970. The minimum atomic E-state index is -0.327. The number of rotatable bonds is 4. The summed E-state index contributed by atoms with van der Waals surface area (Å²) in [5.41, 5.74) is 3.22. The van der Waals surface area contributed by atoms with Crippen molar-refractivity contribution in [2.45, 2.75) is 32.4 Å². The first-order valence-electron chi connectivity index (χ1n) is 10.4. The van der Waals surface area contributed by atoms with Crippen molar-refractivity contribution in [3.63, 3.8) is 0 Å². The highest BCUT2D eigenvalue weighted by Gasteiger charge is 2.34. The van der Waals surface area contributed by atoms with E-state index in [1.54, 1.807) is 18.0 Å². The fourth-order valence-electron chi connectivity index (χ4n) is 4.27. The maximum absolute atomic E-state index is 13.6. The van der Waals surface area contributed by atoms with Crippen LogP contribution in [0.2, 0.25) is 0 Å². The van der Waals surface area contributed by atoms with Gasteiger partial charge in [-0.2, -0.15) is 0 Å². The molecule has 1 fully saturated rings. The highest BCUT2D eigenvalue weighted by molar-refractivity contribution is 5.86. The van der Waals surface area contributed by atoms with Gasteiger partial charge in [-0.15, -0.1) is 0 Å². The summed E-state index contributed by atoms with van der Waals surface area (Å²) in [6.07, 6.45) is 1.63. The van der Waals surface area contributed by atoms with Gasteiger partial charge in [0.25, 0.3) is 0 Å². The Bertz CT molecular complexity index is 1250. The molecule has 0 spiro atoms. The molecule has 5 rings (SSSR count). The molecule has 3 heterocycles. The van der Waals surface area contributed by atoms with E-state index in [2.05, 4.69) is 19.9 Å². The van der Waals surface area contributed by atoms with Gasteiger partial charge in [-0.3, -0.25) is 4.79 Å². The molecule has 0 radical (unpaired) electrons. The summed E-state index contributed by atoms with van der Waals surface area (Å²) in [6.45, 7) is 2.95. The number of carbonyl (C=O) groups is 1. The third kappa shape index (κ3) is 3.58. The maximum Gasteiger partial charge on any atom is 0.245 e. The fourth-order valence-corrected chi connectivity index (χ4v) is 4.27. The molecule has 1 amide bonds. The number of para-hydroxylation sites is 2. The minimum absolute atomic E-state index is 0.0124. The summed E-state index contributed by atoms with van der Waals surface area (Å²) in [5, 5.41) is 0.688. The van der Waals surface area contributed by atoms with Gasteiger partial charge in [-0.1, -0.05) is 12.1 Å². The van der Waals surface area contributed by atoms with Crippen LogP contribution in [0.25, 0.3) is 21.9 Å². The van der Waals surface area contributed by atoms with Crippen molar-refractivity contribution in [2.24, 2.45) is 0 Å². The number of H-pyrrole nitrogens is 1. The van der Waals surface area contributed by atoms with Crippen molar-refractivity contribution >= 4 is 33.8 Å². The van der Waals surface area contributed by atoms with Crippen molar-refractivity contribution in [2.75, 3.05) is 18.5 Å². The number of anilines is 1. The molecule has 2 aromatic carbocycles. The van der Waals surface area contributed by atoms with E-state index in [0.29, 0.717) is 35.6 Å². The SMILES string of the molecule is Cc1nc(N2CCC[C@H]2C(=O)N(C)Cc2nc3ccccc3[nH]2)nc2ccc(F)cc12. The standard InChI is InChI=1S/C23H23FN6O/c1-14-16-12-15(24)9-10-17(16)28-23(25-14)30-11-5-8-20(30)22(31)29(2)13-21-26-18-6-3-4-7-19(18)27-21/h3-4,6-7,9-10,12,20H,5,8,11,13H2,1-2H3,(H,26,27)/t20-/m0/s1. The average Bonchev–Trinajstić information content (AvgIpc) is 3.40. The van der Waals surface area contributed by atoms with Gasteiger partial charge in [0.15, 0.2) is 0 Å². The fraction of sp³-hybridized carbons (Fsp3) is 0.304. The first-order chi connectivity index (χ1) is 15.0. The van der Waals surface area contributed by atoms with Crippen LogP contribution in [0.4, 0.5) is 10.3 Å². The molecule has 0 unspecified atom stereocenters. The molecular weight excluding hydrogens is 395 g/mol. The van der Waals surface area contributed by atoms with E-state index in [0.717, 1.165) is 29.7 Å². The summed E-state index contributed by atoms with van der Waals surface area (Å²) in [4.78, 5) is 34.0. The van der Waals surface area contributed by atoms with Gasteiger partial charge in [0, 0.05) is 19.0 Å². The monoisotopic (exact) mass is 418 g/mol. The van der Waals surface area contributed by atoms with E-state index in [9.17, 15) is 9.18 Å². The second kappa shape index (κ2) is 7.61. The highest BCUT2D eigenvalue weighted by atomic mass is 19.1. The van der Waals surface area contributed by atoms with Crippen LogP contribution in [0.5, 0.6) is 0 Å². The first kappa shape index (κ1) is 19.4. The van der Waals surface area contributed by atoms with Crippen LogP contribution in [-0.2, 0) is 11.3 Å². The molecule has 1 N–H and O–H groups in total. The second-order valence-electron chi connectivity index (χ2n) is 8.02. The van der Waals surface area contributed by atoms with E-state index in [4.69, 9.17) is 0 Å². The van der Waals surface area contributed by atoms with Gasteiger partial charge in [0.1, 0.15) is 17.7 Å². The molecule has 7 nitrogen and oxygen atoms in total. The van der Waals surface area contributed by atoms with Crippen LogP contribution >= 0.6 is 0 Å². The number of amides is 1. The number of carbonyl (C=O) groups excluding carboxylic acids is 1. The lowest BCUT2D eigenvalue weighted by Gasteiger charge is -2.28. The number of nitrogens with zero attached hydrogens (tertiary/aromatic N) is 5. The van der Waals surface area contributed by atoms with Crippen LogP contribution in [0.1, 0.15) is 24.4 Å². The zero-order valence-corrected chi connectivity index (χ0v) is 17.5. The van der Waals surface area contributed by atoms with Gasteiger partial charge in [-0.05, 0) is 50.1 Å². The Labute approximate surface area is 178 Å². The van der Waals surface area contributed by atoms with Gasteiger partial charge >= 0.3 is 0 Å². The summed E-state index contributed by atoms with van der Waals surface area (Å²) in [7, 11) is 1.79. The van der Waals surface area contributed by atoms with Crippen LogP contribution < -0.4 is 4.90 Å². The van der Waals surface area contributed by atoms with Crippen molar-refractivity contribution in [3.8, 4) is 0 Å². The van der Waals surface area contributed by atoms with Crippen molar-refractivity contribution in [3.05, 3.63) is 59.8 Å². The third-order valence-electron chi connectivity index (χ3n) is 5.83. The Balaban J connectivity index is 1.38. The Hall–Kier alpha value is -3.55. The normalized spacial score (nSPS) is 16.4. The average molecular weight is 418 g/mol. The lowest BCUT2D eigenvalue weighted by atomic mass is 10.2. The zero-order valence-electron chi connectivity index (χ0n) is 17.5. The van der Waals surface area contributed by atoms with E-state index in [-0.39, 0.29) is 17.8 Å². The highest BCUT2D eigenvalue weighted by Crippen LogP contribution is 2.27. The molecule has 4 aromatic rings.